The molecular formula is C28H28N2O6Pt. The summed E-state index contributed by atoms with van der Waals surface area (Å²) in [6.45, 7) is 0. The second-order valence-electron chi connectivity index (χ2n) is 7.10. The van der Waals surface area contributed by atoms with Gasteiger partial charge >= 0.3 is 21.1 Å². The van der Waals surface area contributed by atoms with E-state index >= 15 is 0 Å². The van der Waals surface area contributed by atoms with Crippen LogP contribution < -0.4 is 28.4 Å². The topological polar surface area (TPSA) is 81.2 Å². The number of hydrogen-bond donors (Lipinski definition) is 0. The minimum atomic E-state index is 0. The van der Waals surface area contributed by atoms with Crippen LogP contribution >= 0.6 is 0 Å². The molecule has 0 unspecified atom stereocenters. The molecule has 0 radical (unpaired) electrons. The molecule has 0 aliphatic rings. The summed E-state index contributed by atoms with van der Waals surface area (Å²) in [5, 5.41) is 0. The van der Waals surface area contributed by atoms with Crippen LogP contribution in [-0.4, -0.2) is 52.6 Å². The zero-order valence-corrected chi connectivity index (χ0v) is 23.7. The molecule has 0 fully saturated rings. The fraction of sp³-hybridized carbons (Fsp3) is 0.214. The molecule has 0 aliphatic carbocycles. The Morgan fingerprint density at radius 3 is 1.24 bits per heavy atom. The Bertz CT molecular complexity index is 1190. The van der Waals surface area contributed by atoms with E-state index in [0.717, 1.165) is 34.0 Å². The zero-order chi connectivity index (χ0) is 25.9. The van der Waals surface area contributed by atoms with Gasteiger partial charge in [0.1, 0.15) is 11.5 Å². The van der Waals surface area contributed by atoms with E-state index in [1.165, 1.54) is 0 Å². The maximum atomic E-state index is 5.31. The average molecular weight is 684 g/mol. The van der Waals surface area contributed by atoms with Crippen LogP contribution in [0.2, 0.25) is 0 Å². The summed E-state index contributed by atoms with van der Waals surface area (Å²) >= 11 is 0. The fourth-order valence-corrected chi connectivity index (χ4v) is 3.23. The van der Waals surface area contributed by atoms with Crippen LogP contribution in [0, 0.1) is 12.1 Å². The summed E-state index contributed by atoms with van der Waals surface area (Å²) < 4.78 is 31.3. The minimum absolute atomic E-state index is 0. The molecule has 2 aromatic carbocycles. The van der Waals surface area contributed by atoms with Gasteiger partial charge in [-0.3, -0.25) is 0 Å². The normalized spacial score (nSPS) is 9.68. The second kappa shape index (κ2) is 14.7. The summed E-state index contributed by atoms with van der Waals surface area (Å²) in [4.78, 5) is 8.59. The van der Waals surface area contributed by atoms with Crippen LogP contribution in [0.5, 0.6) is 34.5 Å². The van der Waals surface area contributed by atoms with Crippen LogP contribution in [0.25, 0.3) is 22.5 Å². The van der Waals surface area contributed by atoms with Crippen LogP contribution in [0.3, 0.4) is 0 Å². The van der Waals surface area contributed by atoms with Gasteiger partial charge in [0, 0.05) is 35.4 Å². The standard InChI is InChI=1S/2C14H14NO3.Pt/c2*1-16-10-4-5-14(18-3)12(8-10)13-9-11(17-2)6-7-15-13;/h2*4-7,9H,1-3H3;/q2*-1;+2. The van der Waals surface area contributed by atoms with Gasteiger partial charge in [-0.1, -0.05) is 35.4 Å². The van der Waals surface area contributed by atoms with Gasteiger partial charge in [0.25, 0.3) is 0 Å². The Kier molecular flexibility index (Phi) is 11.7. The summed E-state index contributed by atoms with van der Waals surface area (Å²) in [7, 11) is 9.65. The Labute approximate surface area is 231 Å². The minimum Gasteiger partial charge on any atom is -0.540 e. The summed E-state index contributed by atoms with van der Waals surface area (Å²) in [5.74, 6) is 4.12. The Morgan fingerprint density at radius 1 is 0.514 bits per heavy atom. The van der Waals surface area contributed by atoms with E-state index in [9.17, 15) is 0 Å². The van der Waals surface area contributed by atoms with Crippen molar-refractivity contribution in [2.24, 2.45) is 0 Å². The van der Waals surface area contributed by atoms with Gasteiger partial charge in [-0.15, -0.1) is 12.1 Å². The predicted octanol–water partition coefficient (Wildman–Crippen LogP) is 5.15. The molecule has 2 heterocycles. The first-order valence-corrected chi connectivity index (χ1v) is 10.9. The van der Waals surface area contributed by atoms with E-state index < -0.39 is 0 Å². The van der Waals surface area contributed by atoms with Crippen LogP contribution in [0.4, 0.5) is 0 Å². The maximum absolute atomic E-state index is 5.31. The molecule has 196 valence electrons. The Balaban J connectivity index is 0.000000253. The number of hydrogen-bond acceptors (Lipinski definition) is 8. The van der Waals surface area contributed by atoms with Crippen molar-refractivity contribution in [3.8, 4) is 57.0 Å². The molecule has 0 N–H and O–H groups in total. The third-order valence-corrected chi connectivity index (χ3v) is 5.09. The van der Waals surface area contributed by atoms with Crippen molar-refractivity contribution in [3.63, 3.8) is 0 Å². The molecule has 4 rings (SSSR count). The van der Waals surface area contributed by atoms with E-state index in [0.29, 0.717) is 23.0 Å². The largest absolute Gasteiger partial charge is 2.00 e. The number of nitrogens with zero attached hydrogens (tertiary/aromatic N) is 2. The van der Waals surface area contributed by atoms with E-state index in [1.807, 2.05) is 24.3 Å². The van der Waals surface area contributed by atoms with Crippen molar-refractivity contribution in [2.75, 3.05) is 42.7 Å². The summed E-state index contributed by atoms with van der Waals surface area (Å²) in [6, 6.07) is 20.7. The average Bonchev–Trinajstić information content (AvgIpc) is 2.96. The maximum Gasteiger partial charge on any atom is 2.00 e. The first-order valence-electron chi connectivity index (χ1n) is 10.9. The molecule has 37 heavy (non-hydrogen) atoms. The zero-order valence-electron chi connectivity index (χ0n) is 21.4. The SMILES string of the molecule is COc1[c-]c(-c2cc(OC)ccn2)c(OC)cc1.COc1[c-]c(-c2cc(OC)ccn2)c(OC)cc1.[Pt+2]. The first-order chi connectivity index (χ1) is 17.6. The quantitative estimate of drug-likeness (QED) is 0.236. The van der Waals surface area contributed by atoms with E-state index in [-0.39, 0.29) is 21.1 Å². The van der Waals surface area contributed by atoms with Gasteiger partial charge in [-0.2, -0.15) is 0 Å². The molecular weight excluding hydrogens is 655 g/mol. The van der Waals surface area contributed by atoms with Crippen molar-refractivity contribution < 1.29 is 49.5 Å². The van der Waals surface area contributed by atoms with E-state index in [1.54, 1.807) is 79.3 Å². The molecule has 8 nitrogen and oxygen atoms in total. The smallest absolute Gasteiger partial charge is 0.540 e. The van der Waals surface area contributed by atoms with Crippen molar-refractivity contribution in [1.29, 1.82) is 0 Å². The third-order valence-electron chi connectivity index (χ3n) is 5.09. The summed E-state index contributed by atoms with van der Waals surface area (Å²) in [5.41, 5.74) is 2.95. The number of aromatic nitrogens is 2. The second-order valence-corrected chi connectivity index (χ2v) is 7.10. The van der Waals surface area contributed by atoms with Crippen molar-refractivity contribution in [3.05, 3.63) is 73.1 Å². The first kappa shape index (κ1) is 29.5. The molecule has 0 spiro atoms. The molecule has 9 heteroatoms. The van der Waals surface area contributed by atoms with Crippen LogP contribution in [0.15, 0.2) is 60.9 Å². The van der Waals surface area contributed by atoms with Gasteiger partial charge in [-0.25, -0.2) is 0 Å². The van der Waals surface area contributed by atoms with Crippen molar-refractivity contribution in [2.45, 2.75) is 0 Å². The molecule has 4 aromatic rings. The van der Waals surface area contributed by atoms with E-state index in [2.05, 4.69) is 22.1 Å². The number of benzene rings is 2. The number of ether oxygens (including phenoxy) is 6. The predicted molar refractivity (Wildman–Crippen MR) is 136 cm³/mol. The van der Waals surface area contributed by atoms with Gasteiger partial charge in [0.2, 0.25) is 0 Å². The molecule has 0 amide bonds. The van der Waals surface area contributed by atoms with Gasteiger partial charge in [0.15, 0.2) is 0 Å². The van der Waals surface area contributed by atoms with Gasteiger partial charge in [0.05, 0.1) is 42.7 Å². The Hall–Kier alpha value is -3.77. The van der Waals surface area contributed by atoms with Gasteiger partial charge in [-0.05, 0) is 35.7 Å². The summed E-state index contributed by atoms with van der Waals surface area (Å²) in [6.07, 6.45) is 3.36. The molecule has 0 saturated carbocycles. The molecule has 0 bridgehead atoms. The number of methoxy groups -OCH3 is 6. The molecule has 0 atom stereocenters. The van der Waals surface area contributed by atoms with Crippen molar-refractivity contribution in [1.82, 2.24) is 9.97 Å². The fourth-order valence-electron chi connectivity index (χ4n) is 3.23. The molecule has 0 saturated heterocycles. The third kappa shape index (κ3) is 7.60. The molecule has 0 aliphatic heterocycles. The number of rotatable bonds is 8. The van der Waals surface area contributed by atoms with Crippen LogP contribution in [-0.2, 0) is 21.1 Å². The van der Waals surface area contributed by atoms with E-state index in [4.69, 9.17) is 28.4 Å². The van der Waals surface area contributed by atoms with Crippen LogP contribution in [0.1, 0.15) is 0 Å². The monoisotopic (exact) mass is 683 g/mol. The van der Waals surface area contributed by atoms with Gasteiger partial charge < -0.3 is 38.4 Å². The molecule has 2 aromatic heterocycles. The van der Waals surface area contributed by atoms with Crippen molar-refractivity contribution >= 4 is 0 Å². The number of pyridine rings is 2. The Morgan fingerprint density at radius 2 is 0.919 bits per heavy atom.